The van der Waals surface area contributed by atoms with E-state index in [2.05, 4.69) is 39.0 Å². The van der Waals surface area contributed by atoms with Crippen LogP contribution in [0, 0.1) is 5.41 Å². The Hall–Kier alpha value is -0.300. The molecule has 2 aliphatic rings. The van der Waals surface area contributed by atoms with Gasteiger partial charge in [-0.05, 0) is 54.1 Å². The van der Waals surface area contributed by atoms with Gasteiger partial charge in [0.25, 0.3) is 0 Å². The molecule has 1 heteroatoms. The summed E-state index contributed by atoms with van der Waals surface area (Å²) >= 11 is 2.12. The molecule has 0 N–H and O–H groups in total. The Balaban J connectivity index is 2.03. The molecule has 1 saturated carbocycles. The molecule has 0 unspecified atom stereocenters. The van der Waals surface area contributed by atoms with Crippen molar-refractivity contribution in [3.8, 4) is 0 Å². The Morgan fingerprint density at radius 3 is 1.67 bits per heavy atom. The van der Waals surface area contributed by atoms with Gasteiger partial charge < -0.3 is 0 Å². The Morgan fingerprint density at radius 1 is 0.833 bits per heavy atom. The van der Waals surface area contributed by atoms with Gasteiger partial charge in [0, 0.05) is 9.75 Å². The van der Waals surface area contributed by atoms with E-state index in [0.717, 1.165) is 0 Å². The molecule has 100 valence electrons. The summed E-state index contributed by atoms with van der Waals surface area (Å²) in [4.78, 5) is 3.41. The topological polar surface area (TPSA) is 0 Å². The van der Waals surface area contributed by atoms with E-state index in [1.54, 1.807) is 20.9 Å². The maximum absolute atomic E-state index is 2.37. The predicted octanol–water partition coefficient (Wildman–Crippen LogP) is 5.65. The summed E-state index contributed by atoms with van der Waals surface area (Å²) in [6.45, 7) is 9.48. The number of hydrogen-bond acceptors (Lipinski definition) is 1. The van der Waals surface area contributed by atoms with Crippen LogP contribution in [0.15, 0.2) is 0 Å². The quantitative estimate of drug-likeness (QED) is 0.645. The fourth-order valence-corrected chi connectivity index (χ4v) is 5.50. The van der Waals surface area contributed by atoms with Gasteiger partial charge in [0.1, 0.15) is 0 Å². The molecular formula is C17H26S. The molecule has 18 heavy (non-hydrogen) atoms. The molecule has 0 saturated heterocycles. The lowest BCUT2D eigenvalue weighted by Gasteiger charge is -2.23. The number of fused-ring (bicyclic) bond motifs is 1. The second-order valence-corrected chi connectivity index (χ2v) is 8.24. The summed E-state index contributed by atoms with van der Waals surface area (Å²) in [5.41, 5.74) is 4.24. The van der Waals surface area contributed by atoms with E-state index in [1.807, 2.05) is 0 Å². The summed E-state index contributed by atoms with van der Waals surface area (Å²) < 4.78 is 0. The van der Waals surface area contributed by atoms with E-state index in [4.69, 9.17) is 0 Å². The summed E-state index contributed by atoms with van der Waals surface area (Å²) in [6, 6.07) is 0. The van der Waals surface area contributed by atoms with Gasteiger partial charge in [0.2, 0.25) is 0 Å². The van der Waals surface area contributed by atoms with Crippen molar-refractivity contribution < 1.29 is 0 Å². The van der Waals surface area contributed by atoms with Crippen molar-refractivity contribution in [1.29, 1.82) is 0 Å². The highest BCUT2D eigenvalue weighted by atomic mass is 32.1. The van der Waals surface area contributed by atoms with Crippen molar-refractivity contribution in [2.24, 2.45) is 5.41 Å². The van der Waals surface area contributed by atoms with E-state index < -0.39 is 0 Å². The molecule has 0 atom stereocenters. The molecule has 1 heterocycles. The Bertz CT molecular complexity index is 410. The van der Waals surface area contributed by atoms with Gasteiger partial charge in [0.05, 0.1) is 0 Å². The van der Waals surface area contributed by atoms with Crippen LogP contribution in [0.2, 0.25) is 0 Å². The summed E-state index contributed by atoms with van der Waals surface area (Å²) in [7, 11) is 0. The van der Waals surface area contributed by atoms with Crippen LogP contribution in [-0.4, -0.2) is 0 Å². The lowest BCUT2D eigenvalue weighted by molar-refractivity contribution is 0.316. The van der Waals surface area contributed by atoms with Gasteiger partial charge in [-0.1, -0.05) is 40.5 Å². The molecular weight excluding hydrogens is 236 g/mol. The molecule has 0 radical (unpaired) electrons. The second-order valence-electron chi connectivity index (χ2n) is 7.16. The van der Waals surface area contributed by atoms with Gasteiger partial charge in [-0.25, -0.2) is 0 Å². The number of hydrogen-bond donors (Lipinski definition) is 0. The zero-order valence-corrected chi connectivity index (χ0v) is 13.1. The SMILES string of the molecule is CC(C)c1sc(C(C)C)c2c1CC1(CCCC1)C2. The number of rotatable bonds is 2. The molecule has 0 aromatic carbocycles. The normalized spacial score (nSPS) is 21.4. The zero-order chi connectivity index (χ0) is 12.9. The van der Waals surface area contributed by atoms with E-state index >= 15 is 0 Å². The molecule has 1 fully saturated rings. The minimum absolute atomic E-state index is 0.686. The average molecular weight is 262 g/mol. The third-order valence-electron chi connectivity index (χ3n) is 5.00. The highest BCUT2D eigenvalue weighted by Crippen LogP contribution is 2.54. The van der Waals surface area contributed by atoms with Crippen molar-refractivity contribution >= 4 is 11.3 Å². The Labute approximate surface area is 116 Å². The molecule has 2 aliphatic carbocycles. The smallest absolute Gasteiger partial charge is 0.0109 e. The first-order valence-corrected chi connectivity index (χ1v) is 8.48. The Morgan fingerprint density at radius 2 is 1.28 bits per heavy atom. The van der Waals surface area contributed by atoms with Gasteiger partial charge in [-0.15, -0.1) is 11.3 Å². The molecule has 0 amide bonds. The molecule has 0 nitrogen and oxygen atoms in total. The van der Waals surface area contributed by atoms with E-state index in [-0.39, 0.29) is 0 Å². The summed E-state index contributed by atoms with van der Waals surface area (Å²) in [5, 5.41) is 0. The van der Waals surface area contributed by atoms with Crippen molar-refractivity contribution in [1.82, 2.24) is 0 Å². The summed E-state index contributed by atoms with van der Waals surface area (Å²) in [5.74, 6) is 1.43. The average Bonchev–Trinajstić information content (AvgIpc) is 2.93. The lowest BCUT2D eigenvalue weighted by Crippen LogP contribution is -2.16. The van der Waals surface area contributed by atoms with Crippen LogP contribution in [0.3, 0.4) is 0 Å². The van der Waals surface area contributed by atoms with Gasteiger partial charge in [-0.3, -0.25) is 0 Å². The molecule has 0 aliphatic heterocycles. The van der Waals surface area contributed by atoms with Crippen LogP contribution in [0.4, 0.5) is 0 Å². The molecule has 1 spiro atoms. The second kappa shape index (κ2) is 4.37. The van der Waals surface area contributed by atoms with Crippen LogP contribution in [-0.2, 0) is 12.8 Å². The third kappa shape index (κ3) is 1.86. The van der Waals surface area contributed by atoms with Crippen LogP contribution in [0.25, 0.3) is 0 Å². The first-order chi connectivity index (χ1) is 8.52. The highest BCUT2D eigenvalue weighted by molar-refractivity contribution is 7.12. The highest BCUT2D eigenvalue weighted by Gasteiger charge is 2.42. The van der Waals surface area contributed by atoms with E-state index in [0.29, 0.717) is 17.3 Å². The van der Waals surface area contributed by atoms with Crippen molar-refractivity contribution in [2.45, 2.75) is 78.1 Å². The van der Waals surface area contributed by atoms with Crippen LogP contribution in [0.1, 0.15) is 86.1 Å². The largest absolute Gasteiger partial charge is 0.144 e. The van der Waals surface area contributed by atoms with Crippen molar-refractivity contribution in [2.75, 3.05) is 0 Å². The van der Waals surface area contributed by atoms with E-state index in [9.17, 15) is 0 Å². The standard InChI is InChI=1S/C17H26S/c1-11(2)15-13-9-17(7-5-6-8-17)10-14(13)16(18-15)12(3)4/h11-12H,5-10H2,1-4H3. The molecule has 1 aromatic rings. The van der Waals surface area contributed by atoms with Gasteiger partial charge >= 0.3 is 0 Å². The monoisotopic (exact) mass is 262 g/mol. The van der Waals surface area contributed by atoms with Crippen LogP contribution >= 0.6 is 11.3 Å². The fraction of sp³-hybridized carbons (Fsp3) is 0.765. The summed E-state index contributed by atoms with van der Waals surface area (Å²) in [6.07, 6.45) is 8.73. The minimum Gasteiger partial charge on any atom is -0.144 e. The molecule has 1 aromatic heterocycles. The fourth-order valence-electron chi connectivity index (χ4n) is 4.15. The van der Waals surface area contributed by atoms with Gasteiger partial charge in [-0.2, -0.15) is 0 Å². The first kappa shape index (κ1) is 12.7. The van der Waals surface area contributed by atoms with Crippen molar-refractivity contribution in [3.05, 3.63) is 20.9 Å². The maximum Gasteiger partial charge on any atom is 0.0109 e. The lowest BCUT2D eigenvalue weighted by atomic mass is 9.83. The van der Waals surface area contributed by atoms with Gasteiger partial charge in [0.15, 0.2) is 0 Å². The van der Waals surface area contributed by atoms with Crippen LogP contribution < -0.4 is 0 Å². The first-order valence-electron chi connectivity index (χ1n) is 7.67. The van der Waals surface area contributed by atoms with Crippen molar-refractivity contribution in [3.63, 3.8) is 0 Å². The number of thiophene rings is 1. The van der Waals surface area contributed by atoms with Crippen LogP contribution in [0.5, 0.6) is 0 Å². The van der Waals surface area contributed by atoms with E-state index in [1.165, 1.54) is 38.5 Å². The minimum atomic E-state index is 0.686. The molecule has 3 rings (SSSR count). The third-order valence-corrected chi connectivity index (χ3v) is 6.87. The maximum atomic E-state index is 2.37. The Kier molecular flexibility index (Phi) is 3.09. The molecule has 0 bridgehead atoms. The predicted molar refractivity (Wildman–Crippen MR) is 80.8 cm³/mol. The zero-order valence-electron chi connectivity index (χ0n) is 12.3.